The summed E-state index contributed by atoms with van der Waals surface area (Å²) in [7, 11) is 0. The van der Waals surface area contributed by atoms with Crippen molar-refractivity contribution in [1.82, 2.24) is 0 Å². The SMILES string of the molecule is N#CCc1ccc(Br)c(CBr)c1. The van der Waals surface area contributed by atoms with Crippen LogP contribution in [-0.2, 0) is 11.8 Å². The molecule has 62 valence electrons. The highest BCUT2D eigenvalue weighted by Crippen LogP contribution is 2.20. The van der Waals surface area contributed by atoms with E-state index in [0.29, 0.717) is 6.42 Å². The Labute approximate surface area is 88.7 Å². The van der Waals surface area contributed by atoms with Gasteiger partial charge in [-0.2, -0.15) is 5.26 Å². The minimum atomic E-state index is 0.479. The van der Waals surface area contributed by atoms with Crippen LogP contribution in [0.5, 0.6) is 0 Å². The number of hydrogen-bond acceptors (Lipinski definition) is 1. The van der Waals surface area contributed by atoms with E-state index in [9.17, 15) is 0 Å². The first-order valence-corrected chi connectivity index (χ1v) is 5.39. The van der Waals surface area contributed by atoms with E-state index in [4.69, 9.17) is 5.26 Å². The average molecular weight is 289 g/mol. The molecule has 3 heteroatoms. The molecular weight excluding hydrogens is 282 g/mol. The van der Waals surface area contributed by atoms with E-state index in [1.165, 1.54) is 5.56 Å². The predicted molar refractivity (Wildman–Crippen MR) is 56.1 cm³/mol. The van der Waals surface area contributed by atoms with Gasteiger partial charge in [-0.15, -0.1) is 0 Å². The molecule has 1 aromatic rings. The summed E-state index contributed by atoms with van der Waals surface area (Å²) in [5, 5.41) is 9.29. The van der Waals surface area contributed by atoms with Gasteiger partial charge in [0.2, 0.25) is 0 Å². The molecule has 0 aliphatic rings. The normalized spacial score (nSPS) is 9.42. The first-order valence-electron chi connectivity index (χ1n) is 3.48. The summed E-state index contributed by atoms with van der Waals surface area (Å²) in [6, 6.07) is 8.09. The van der Waals surface area contributed by atoms with Crippen molar-refractivity contribution in [3.8, 4) is 6.07 Å². The number of halogens is 2. The molecular formula is C9H7Br2N. The second-order valence-corrected chi connectivity index (χ2v) is 3.81. The second kappa shape index (κ2) is 4.64. The molecule has 0 amide bonds. The van der Waals surface area contributed by atoms with Crippen LogP contribution in [-0.4, -0.2) is 0 Å². The molecule has 0 heterocycles. The fraction of sp³-hybridized carbons (Fsp3) is 0.222. The fourth-order valence-electron chi connectivity index (χ4n) is 0.932. The van der Waals surface area contributed by atoms with Crippen molar-refractivity contribution >= 4 is 31.9 Å². The number of nitriles is 1. The van der Waals surface area contributed by atoms with E-state index < -0.39 is 0 Å². The van der Waals surface area contributed by atoms with Crippen molar-refractivity contribution in [2.24, 2.45) is 0 Å². The number of alkyl halides is 1. The smallest absolute Gasteiger partial charge is 0.0669 e. The second-order valence-electron chi connectivity index (χ2n) is 2.39. The maximum absolute atomic E-state index is 8.48. The maximum Gasteiger partial charge on any atom is 0.0669 e. The lowest BCUT2D eigenvalue weighted by Gasteiger charge is -2.01. The third kappa shape index (κ3) is 2.33. The van der Waals surface area contributed by atoms with Crippen LogP contribution in [0.3, 0.4) is 0 Å². The van der Waals surface area contributed by atoms with Crippen molar-refractivity contribution in [2.75, 3.05) is 0 Å². The van der Waals surface area contributed by atoms with E-state index >= 15 is 0 Å². The fourth-order valence-corrected chi connectivity index (χ4v) is 2.16. The molecule has 0 aromatic heterocycles. The molecule has 0 spiro atoms. The Bertz CT molecular complexity index is 315. The summed E-state index contributed by atoms with van der Waals surface area (Å²) in [6.07, 6.45) is 0.479. The van der Waals surface area contributed by atoms with Crippen molar-refractivity contribution in [3.05, 3.63) is 33.8 Å². The molecule has 0 aliphatic carbocycles. The Morgan fingerprint density at radius 1 is 1.42 bits per heavy atom. The monoisotopic (exact) mass is 287 g/mol. The van der Waals surface area contributed by atoms with E-state index in [1.54, 1.807) is 0 Å². The highest BCUT2D eigenvalue weighted by Gasteiger charge is 1.99. The number of rotatable bonds is 2. The summed E-state index contributed by atoms with van der Waals surface area (Å²) in [4.78, 5) is 0. The summed E-state index contributed by atoms with van der Waals surface area (Å²) in [5.74, 6) is 0. The van der Waals surface area contributed by atoms with Crippen LogP contribution in [0.15, 0.2) is 22.7 Å². The quantitative estimate of drug-likeness (QED) is 0.765. The van der Waals surface area contributed by atoms with Gasteiger partial charge in [0.15, 0.2) is 0 Å². The number of hydrogen-bond donors (Lipinski definition) is 0. The molecule has 1 rings (SSSR count). The van der Waals surface area contributed by atoms with Gasteiger partial charge >= 0.3 is 0 Å². The topological polar surface area (TPSA) is 23.8 Å². The third-order valence-electron chi connectivity index (χ3n) is 1.54. The summed E-state index contributed by atoms with van der Waals surface area (Å²) >= 11 is 6.81. The maximum atomic E-state index is 8.48. The minimum absolute atomic E-state index is 0.479. The van der Waals surface area contributed by atoms with Gasteiger partial charge in [-0.05, 0) is 17.2 Å². The van der Waals surface area contributed by atoms with Crippen LogP contribution >= 0.6 is 31.9 Å². The number of benzene rings is 1. The molecule has 12 heavy (non-hydrogen) atoms. The average Bonchev–Trinajstić information content (AvgIpc) is 2.09. The first-order chi connectivity index (χ1) is 5.77. The van der Waals surface area contributed by atoms with Gasteiger partial charge in [0.25, 0.3) is 0 Å². The molecule has 0 radical (unpaired) electrons. The van der Waals surface area contributed by atoms with Gasteiger partial charge in [-0.1, -0.05) is 44.0 Å². The molecule has 0 fully saturated rings. The van der Waals surface area contributed by atoms with E-state index in [0.717, 1.165) is 15.4 Å². The molecule has 0 bridgehead atoms. The molecule has 0 aliphatic heterocycles. The number of nitrogens with zero attached hydrogens (tertiary/aromatic N) is 1. The Hall–Kier alpha value is -0.330. The van der Waals surface area contributed by atoms with Crippen molar-refractivity contribution < 1.29 is 0 Å². The van der Waals surface area contributed by atoms with Crippen LogP contribution in [0, 0.1) is 11.3 Å². The highest BCUT2D eigenvalue weighted by molar-refractivity contribution is 9.10. The largest absolute Gasteiger partial charge is 0.198 e. The first kappa shape index (κ1) is 9.76. The van der Waals surface area contributed by atoms with Crippen LogP contribution in [0.1, 0.15) is 11.1 Å². The van der Waals surface area contributed by atoms with Crippen molar-refractivity contribution in [1.29, 1.82) is 5.26 Å². The lowest BCUT2D eigenvalue weighted by molar-refractivity contribution is 1.23. The zero-order chi connectivity index (χ0) is 8.97. The van der Waals surface area contributed by atoms with E-state index in [1.807, 2.05) is 18.2 Å². The Balaban J connectivity index is 2.98. The summed E-state index contributed by atoms with van der Waals surface area (Å²) in [6.45, 7) is 0. The lowest BCUT2D eigenvalue weighted by Crippen LogP contribution is -1.86. The molecule has 0 N–H and O–H groups in total. The third-order valence-corrected chi connectivity index (χ3v) is 2.92. The van der Waals surface area contributed by atoms with E-state index in [-0.39, 0.29) is 0 Å². The minimum Gasteiger partial charge on any atom is -0.198 e. The van der Waals surface area contributed by atoms with Crippen molar-refractivity contribution in [2.45, 2.75) is 11.8 Å². The van der Waals surface area contributed by atoms with Crippen LogP contribution in [0.2, 0.25) is 0 Å². The van der Waals surface area contributed by atoms with Gasteiger partial charge in [-0.25, -0.2) is 0 Å². The summed E-state index contributed by atoms with van der Waals surface area (Å²) < 4.78 is 1.08. The Morgan fingerprint density at radius 3 is 2.75 bits per heavy atom. The van der Waals surface area contributed by atoms with Crippen molar-refractivity contribution in [3.63, 3.8) is 0 Å². The van der Waals surface area contributed by atoms with Gasteiger partial charge in [0.1, 0.15) is 0 Å². The molecule has 0 saturated heterocycles. The standard InChI is InChI=1S/C9H7Br2N/c10-6-8-5-7(3-4-12)1-2-9(8)11/h1-2,5H,3,6H2. The Morgan fingerprint density at radius 2 is 2.17 bits per heavy atom. The Kier molecular flexibility index (Phi) is 3.77. The van der Waals surface area contributed by atoms with Gasteiger partial charge in [0.05, 0.1) is 12.5 Å². The molecule has 1 nitrogen and oxygen atoms in total. The van der Waals surface area contributed by atoms with Gasteiger partial charge in [-0.3, -0.25) is 0 Å². The molecule has 0 saturated carbocycles. The predicted octanol–water partition coefficient (Wildman–Crippen LogP) is 3.41. The summed E-state index contributed by atoms with van der Waals surface area (Å²) in [5.41, 5.74) is 2.25. The van der Waals surface area contributed by atoms with Crippen LogP contribution in [0.25, 0.3) is 0 Å². The van der Waals surface area contributed by atoms with E-state index in [2.05, 4.69) is 37.9 Å². The van der Waals surface area contributed by atoms with Gasteiger partial charge in [0, 0.05) is 9.80 Å². The van der Waals surface area contributed by atoms with Crippen LogP contribution < -0.4 is 0 Å². The highest BCUT2D eigenvalue weighted by atomic mass is 79.9. The lowest BCUT2D eigenvalue weighted by atomic mass is 10.1. The van der Waals surface area contributed by atoms with Crippen LogP contribution in [0.4, 0.5) is 0 Å². The molecule has 0 unspecified atom stereocenters. The molecule has 0 atom stereocenters. The van der Waals surface area contributed by atoms with Gasteiger partial charge < -0.3 is 0 Å². The zero-order valence-corrected chi connectivity index (χ0v) is 9.52. The zero-order valence-electron chi connectivity index (χ0n) is 6.35. The molecule has 1 aromatic carbocycles.